The maximum absolute atomic E-state index is 13.6. The van der Waals surface area contributed by atoms with Crippen LogP contribution in [0.2, 0.25) is 0 Å². The first-order valence-electron chi connectivity index (χ1n) is 10.9. The van der Waals surface area contributed by atoms with Gasteiger partial charge in [-0.2, -0.15) is 0 Å². The predicted octanol–water partition coefficient (Wildman–Crippen LogP) is 5.00. The number of carbonyl (C=O) groups excluding carboxylic acids is 2. The Morgan fingerprint density at radius 2 is 1.81 bits per heavy atom. The lowest BCUT2D eigenvalue weighted by Gasteiger charge is -2.33. The minimum Gasteiger partial charge on any atom is -0.497 e. The van der Waals surface area contributed by atoms with Crippen LogP contribution in [0.25, 0.3) is 0 Å². The molecule has 1 fully saturated rings. The molecule has 0 spiro atoms. The summed E-state index contributed by atoms with van der Waals surface area (Å²) in [5.74, 6) is 5.49. The van der Waals surface area contributed by atoms with Gasteiger partial charge in [0.2, 0.25) is 5.91 Å². The molecule has 0 aromatic heterocycles. The summed E-state index contributed by atoms with van der Waals surface area (Å²) in [7, 11) is 1.61. The molecule has 168 valence electrons. The second-order valence-corrected chi connectivity index (χ2v) is 8.78. The van der Waals surface area contributed by atoms with Crippen LogP contribution in [0.4, 0.5) is 0 Å². The Labute approximate surface area is 198 Å². The minimum absolute atomic E-state index is 0.136. The molecular formula is C26H29BrN2O3. The van der Waals surface area contributed by atoms with Crippen molar-refractivity contribution < 1.29 is 14.3 Å². The van der Waals surface area contributed by atoms with E-state index in [1.54, 1.807) is 18.9 Å². The van der Waals surface area contributed by atoms with Gasteiger partial charge in [0.05, 0.1) is 7.11 Å². The van der Waals surface area contributed by atoms with Crippen molar-refractivity contribution in [2.24, 2.45) is 0 Å². The van der Waals surface area contributed by atoms with Gasteiger partial charge >= 0.3 is 0 Å². The Hall–Kier alpha value is -2.78. The molecule has 0 radical (unpaired) electrons. The third-order valence-corrected chi connectivity index (χ3v) is 6.44. The highest BCUT2D eigenvalue weighted by atomic mass is 79.9. The summed E-state index contributed by atoms with van der Waals surface area (Å²) in [6, 6.07) is 14.4. The second-order valence-electron chi connectivity index (χ2n) is 7.92. The zero-order valence-electron chi connectivity index (χ0n) is 18.6. The van der Waals surface area contributed by atoms with E-state index in [1.165, 1.54) is 6.42 Å². The lowest BCUT2D eigenvalue weighted by atomic mass is 9.94. The van der Waals surface area contributed by atoms with E-state index in [4.69, 9.17) is 4.74 Å². The summed E-state index contributed by atoms with van der Waals surface area (Å²) in [6.07, 6.45) is 5.36. The molecule has 1 unspecified atom stereocenters. The molecule has 1 atom stereocenters. The molecule has 2 aromatic rings. The van der Waals surface area contributed by atoms with E-state index < -0.39 is 6.04 Å². The fraction of sp³-hybridized carbons (Fsp3) is 0.385. The maximum Gasteiger partial charge on any atom is 0.299 e. The molecule has 0 saturated heterocycles. The first kappa shape index (κ1) is 23.9. The van der Waals surface area contributed by atoms with Crippen molar-refractivity contribution in [3.63, 3.8) is 0 Å². The van der Waals surface area contributed by atoms with Gasteiger partial charge in [0, 0.05) is 17.1 Å². The highest BCUT2D eigenvalue weighted by Crippen LogP contribution is 2.31. The number of hydrogen-bond acceptors (Lipinski definition) is 3. The number of benzene rings is 2. The average Bonchev–Trinajstić information content (AvgIpc) is 2.81. The summed E-state index contributed by atoms with van der Waals surface area (Å²) >= 11 is 3.58. The van der Waals surface area contributed by atoms with Crippen molar-refractivity contribution in [1.29, 1.82) is 0 Å². The van der Waals surface area contributed by atoms with Crippen LogP contribution in [-0.4, -0.2) is 29.9 Å². The van der Waals surface area contributed by atoms with Gasteiger partial charge in [-0.15, -0.1) is 0 Å². The summed E-state index contributed by atoms with van der Waals surface area (Å²) < 4.78 is 6.02. The number of ether oxygens (including phenoxy) is 1. The van der Waals surface area contributed by atoms with Crippen molar-refractivity contribution in [3.05, 3.63) is 64.1 Å². The topological polar surface area (TPSA) is 58.6 Å². The van der Waals surface area contributed by atoms with E-state index >= 15 is 0 Å². The molecule has 1 aliphatic rings. The third kappa shape index (κ3) is 6.14. The second kappa shape index (κ2) is 11.7. The Bertz CT molecular complexity index is 988. The molecule has 5 nitrogen and oxygen atoms in total. The van der Waals surface area contributed by atoms with Crippen LogP contribution >= 0.6 is 15.9 Å². The lowest BCUT2D eigenvalue weighted by molar-refractivity contribution is -0.138. The standard InChI is InChI=1S/C26H29BrN2O3/c1-3-9-24(30)29(18-19-14-16-21(32-2)17-15-19)25(22-12-7-8-13-23(22)27)26(31)28-20-10-5-4-6-11-20/h7-8,12-17,20,25H,4-6,10-11,18H2,1-2H3,(H,28,31). The van der Waals surface area contributed by atoms with Gasteiger partial charge in [-0.1, -0.05) is 71.4 Å². The Kier molecular flexibility index (Phi) is 8.75. The number of methoxy groups -OCH3 is 1. The van der Waals surface area contributed by atoms with E-state index in [0.717, 1.165) is 47.0 Å². The van der Waals surface area contributed by atoms with E-state index in [-0.39, 0.29) is 24.4 Å². The summed E-state index contributed by atoms with van der Waals surface area (Å²) in [5.41, 5.74) is 1.63. The maximum atomic E-state index is 13.6. The Balaban J connectivity index is 1.98. The fourth-order valence-electron chi connectivity index (χ4n) is 4.06. The van der Waals surface area contributed by atoms with Crippen LogP contribution in [0.3, 0.4) is 0 Å². The molecule has 1 saturated carbocycles. The molecule has 32 heavy (non-hydrogen) atoms. The van der Waals surface area contributed by atoms with E-state index in [0.29, 0.717) is 0 Å². The molecule has 1 aliphatic carbocycles. The number of amides is 2. The van der Waals surface area contributed by atoms with Crippen molar-refractivity contribution in [2.45, 2.75) is 57.7 Å². The third-order valence-electron chi connectivity index (χ3n) is 5.72. The SMILES string of the molecule is CC#CC(=O)N(Cc1ccc(OC)cc1)C(C(=O)NC1CCCCC1)c1ccccc1Br. The summed E-state index contributed by atoms with van der Waals surface area (Å²) in [5, 5.41) is 3.20. The van der Waals surface area contributed by atoms with E-state index in [1.807, 2.05) is 48.5 Å². The van der Waals surface area contributed by atoms with Crippen LogP contribution < -0.4 is 10.1 Å². The van der Waals surface area contributed by atoms with Crippen LogP contribution in [0.1, 0.15) is 56.2 Å². The van der Waals surface area contributed by atoms with Gasteiger partial charge in [0.25, 0.3) is 5.91 Å². The van der Waals surface area contributed by atoms with Crippen LogP contribution in [0.15, 0.2) is 53.0 Å². The molecule has 2 aromatic carbocycles. The van der Waals surface area contributed by atoms with Gasteiger partial charge in [0.15, 0.2) is 0 Å². The minimum atomic E-state index is -0.803. The summed E-state index contributed by atoms with van der Waals surface area (Å²) in [6.45, 7) is 1.88. The van der Waals surface area contributed by atoms with Crippen molar-refractivity contribution in [1.82, 2.24) is 10.2 Å². The number of nitrogens with zero attached hydrogens (tertiary/aromatic N) is 1. The van der Waals surface area contributed by atoms with E-state index in [9.17, 15) is 9.59 Å². The quantitative estimate of drug-likeness (QED) is 0.548. The summed E-state index contributed by atoms with van der Waals surface area (Å²) in [4.78, 5) is 28.3. The van der Waals surface area contributed by atoms with Crippen molar-refractivity contribution in [2.75, 3.05) is 7.11 Å². The molecule has 3 rings (SSSR count). The Morgan fingerprint density at radius 1 is 1.12 bits per heavy atom. The van der Waals surface area contributed by atoms with Gasteiger partial charge in [-0.3, -0.25) is 9.59 Å². The molecular weight excluding hydrogens is 468 g/mol. The van der Waals surface area contributed by atoms with Crippen LogP contribution in [-0.2, 0) is 16.1 Å². The predicted molar refractivity (Wildman–Crippen MR) is 129 cm³/mol. The molecule has 2 amide bonds. The fourth-order valence-corrected chi connectivity index (χ4v) is 4.56. The monoisotopic (exact) mass is 496 g/mol. The normalized spacial score (nSPS) is 14.6. The number of halogens is 1. The molecule has 6 heteroatoms. The number of nitrogens with one attached hydrogen (secondary N) is 1. The molecule has 0 bridgehead atoms. The smallest absolute Gasteiger partial charge is 0.299 e. The number of rotatable bonds is 7. The number of carbonyl (C=O) groups is 2. The zero-order chi connectivity index (χ0) is 22.9. The number of hydrogen-bond donors (Lipinski definition) is 1. The average molecular weight is 497 g/mol. The van der Waals surface area contributed by atoms with Gasteiger partial charge in [-0.05, 0) is 55.0 Å². The van der Waals surface area contributed by atoms with Gasteiger partial charge in [0.1, 0.15) is 11.8 Å². The highest BCUT2D eigenvalue weighted by Gasteiger charge is 2.33. The van der Waals surface area contributed by atoms with Crippen LogP contribution in [0, 0.1) is 11.8 Å². The van der Waals surface area contributed by atoms with Crippen LogP contribution in [0.5, 0.6) is 5.75 Å². The highest BCUT2D eigenvalue weighted by molar-refractivity contribution is 9.10. The van der Waals surface area contributed by atoms with Crippen molar-refractivity contribution >= 4 is 27.7 Å². The first-order valence-corrected chi connectivity index (χ1v) is 11.7. The molecule has 1 N–H and O–H groups in total. The largest absolute Gasteiger partial charge is 0.497 e. The molecule has 0 heterocycles. The van der Waals surface area contributed by atoms with E-state index in [2.05, 4.69) is 33.1 Å². The van der Waals surface area contributed by atoms with Gasteiger partial charge < -0.3 is 15.0 Å². The van der Waals surface area contributed by atoms with Gasteiger partial charge in [-0.25, -0.2) is 0 Å². The Morgan fingerprint density at radius 3 is 2.44 bits per heavy atom. The first-order chi connectivity index (χ1) is 15.5. The zero-order valence-corrected chi connectivity index (χ0v) is 20.2. The molecule has 0 aliphatic heterocycles. The lowest BCUT2D eigenvalue weighted by Crippen LogP contribution is -2.46. The van der Waals surface area contributed by atoms with Crippen molar-refractivity contribution in [3.8, 4) is 17.6 Å².